The van der Waals surface area contributed by atoms with Crippen LogP contribution in [0.4, 0.5) is 33.2 Å². The number of anilines is 2. The Balaban J connectivity index is 1.99. The Hall–Kier alpha value is -3.58. The fourth-order valence-electron chi connectivity index (χ4n) is 4.13. The van der Waals surface area contributed by atoms with Crippen LogP contribution in [0.2, 0.25) is 0 Å². The van der Waals surface area contributed by atoms with Crippen LogP contribution in [0.25, 0.3) is 11.3 Å². The zero-order valence-corrected chi connectivity index (χ0v) is 24.4. The topological polar surface area (TPSA) is 108 Å². The van der Waals surface area contributed by atoms with Gasteiger partial charge in [-0.05, 0) is 49.6 Å². The molecule has 2 N–H and O–H groups in total. The number of thiazole rings is 1. The third kappa shape index (κ3) is 8.96. The molecule has 0 aliphatic carbocycles. The summed E-state index contributed by atoms with van der Waals surface area (Å²) in [5, 5.41) is -1.08. The predicted octanol–water partition coefficient (Wildman–Crippen LogP) is 7.78. The van der Waals surface area contributed by atoms with Crippen LogP contribution >= 0.6 is 11.3 Å². The van der Waals surface area contributed by atoms with Crippen molar-refractivity contribution < 1.29 is 36.6 Å². The molecule has 2 aromatic heterocycles. The molecule has 42 heavy (non-hydrogen) atoms. The van der Waals surface area contributed by atoms with E-state index in [1.807, 2.05) is 0 Å². The zero-order chi connectivity index (χ0) is 30.9. The van der Waals surface area contributed by atoms with Crippen molar-refractivity contribution in [1.82, 2.24) is 9.97 Å². The number of nitrogens with two attached hydrogens (primary N) is 1. The summed E-state index contributed by atoms with van der Waals surface area (Å²) in [6.07, 6.45) is 1.13. The van der Waals surface area contributed by atoms with Crippen molar-refractivity contribution in [1.29, 1.82) is 0 Å². The number of carbonyl (C=O) groups excluding carboxylic acids is 2. The highest BCUT2D eigenvalue weighted by atomic mass is 32.1. The van der Waals surface area contributed by atoms with E-state index in [2.05, 4.69) is 16.9 Å². The van der Waals surface area contributed by atoms with Gasteiger partial charge in [0.05, 0.1) is 11.3 Å². The van der Waals surface area contributed by atoms with Crippen LogP contribution in [0.3, 0.4) is 0 Å². The minimum absolute atomic E-state index is 0.0793. The lowest BCUT2D eigenvalue weighted by Crippen LogP contribution is -2.36. The first-order chi connectivity index (χ1) is 19.9. The van der Waals surface area contributed by atoms with Crippen LogP contribution in [-0.2, 0) is 26.9 Å². The van der Waals surface area contributed by atoms with E-state index < -0.39 is 41.3 Å². The molecule has 0 aliphatic heterocycles. The number of ether oxygens (including phenoxy) is 2. The number of aryl methyl sites for hydroxylation is 1. The van der Waals surface area contributed by atoms with E-state index in [4.69, 9.17) is 15.2 Å². The van der Waals surface area contributed by atoms with Gasteiger partial charge in [-0.15, -0.1) is 0 Å². The SMILES string of the molecule is CCCCCCCCc1ccc(N(C(=O)OC(C)OC(=O)C(C)N)c2nc(-c3cccnc3)c(F)s2)cc1C(F)(F)F. The molecule has 0 spiro atoms. The molecule has 1 aromatic carbocycles. The second kappa shape index (κ2) is 15.1. The van der Waals surface area contributed by atoms with Gasteiger partial charge in [-0.2, -0.15) is 17.6 Å². The predicted molar refractivity (Wildman–Crippen MR) is 152 cm³/mol. The molecule has 2 heterocycles. The normalized spacial score (nSPS) is 13.0. The van der Waals surface area contributed by atoms with Crippen molar-refractivity contribution in [2.24, 2.45) is 5.73 Å². The Morgan fingerprint density at radius 1 is 1.07 bits per heavy atom. The van der Waals surface area contributed by atoms with E-state index in [-0.39, 0.29) is 28.5 Å². The number of unbranched alkanes of at least 4 members (excludes halogenated alkanes) is 5. The fourth-order valence-corrected chi connectivity index (χ4v) is 4.96. The van der Waals surface area contributed by atoms with Gasteiger partial charge in [-0.3, -0.25) is 9.78 Å². The Morgan fingerprint density at radius 3 is 2.43 bits per heavy atom. The minimum Gasteiger partial charge on any atom is -0.424 e. The summed E-state index contributed by atoms with van der Waals surface area (Å²) in [4.78, 5) is 34.0. The molecule has 0 saturated heterocycles. The zero-order valence-electron chi connectivity index (χ0n) is 23.6. The molecular formula is C29H34F4N4O4S. The lowest BCUT2D eigenvalue weighted by atomic mass is 9.99. The van der Waals surface area contributed by atoms with Gasteiger partial charge >= 0.3 is 18.2 Å². The monoisotopic (exact) mass is 610 g/mol. The number of carbonyl (C=O) groups is 2. The molecule has 228 valence electrons. The van der Waals surface area contributed by atoms with Gasteiger partial charge in [0, 0.05) is 24.9 Å². The molecule has 0 fully saturated rings. The number of halogens is 4. The molecule has 8 nitrogen and oxygen atoms in total. The number of nitrogens with zero attached hydrogens (tertiary/aromatic N) is 3. The number of benzene rings is 1. The lowest BCUT2D eigenvalue weighted by Gasteiger charge is -2.24. The van der Waals surface area contributed by atoms with Gasteiger partial charge in [0.1, 0.15) is 11.7 Å². The standard InChI is InChI=1S/C29H34F4N4O4S/c1-4-5-6-7-8-9-11-20-13-14-22(16-23(20)29(31,32)33)37(28(39)41-19(3)40-26(38)18(2)34)27-36-24(25(30)42-27)21-12-10-15-35-17-21/h10,12-19H,4-9,11,34H2,1-3H3. The average Bonchev–Trinajstić information content (AvgIpc) is 3.31. The van der Waals surface area contributed by atoms with Crippen molar-refractivity contribution >= 4 is 34.2 Å². The number of amides is 1. The Labute approximate surface area is 245 Å². The van der Waals surface area contributed by atoms with Crippen LogP contribution in [0.15, 0.2) is 42.7 Å². The molecule has 0 bridgehead atoms. The van der Waals surface area contributed by atoms with E-state index in [1.54, 1.807) is 12.1 Å². The van der Waals surface area contributed by atoms with E-state index in [0.29, 0.717) is 28.2 Å². The molecule has 1 amide bonds. The maximum absolute atomic E-state index is 15.0. The number of esters is 1. The van der Waals surface area contributed by atoms with Crippen LogP contribution in [0.5, 0.6) is 0 Å². The summed E-state index contributed by atoms with van der Waals surface area (Å²) in [7, 11) is 0. The van der Waals surface area contributed by atoms with Gasteiger partial charge in [0.2, 0.25) is 16.6 Å². The number of hydrogen-bond donors (Lipinski definition) is 1. The quantitative estimate of drug-likeness (QED) is 0.0911. The summed E-state index contributed by atoms with van der Waals surface area (Å²) >= 11 is 0.438. The maximum atomic E-state index is 15.0. The number of pyridine rings is 1. The van der Waals surface area contributed by atoms with Crippen molar-refractivity contribution in [2.75, 3.05) is 4.90 Å². The molecule has 2 atom stereocenters. The Bertz CT molecular complexity index is 1330. The third-order valence-electron chi connectivity index (χ3n) is 6.26. The number of rotatable bonds is 13. The second-order valence-electron chi connectivity index (χ2n) is 9.73. The summed E-state index contributed by atoms with van der Waals surface area (Å²) in [5.41, 5.74) is 4.54. The number of alkyl halides is 3. The van der Waals surface area contributed by atoms with Gasteiger partial charge in [-0.1, -0.05) is 56.4 Å². The summed E-state index contributed by atoms with van der Waals surface area (Å²) in [6, 6.07) is 5.54. The smallest absolute Gasteiger partial charge is 0.423 e. The second-order valence-corrected chi connectivity index (χ2v) is 10.7. The molecule has 0 saturated carbocycles. The van der Waals surface area contributed by atoms with Gasteiger partial charge in [0.25, 0.3) is 0 Å². The van der Waals surface area contributed by atoms with Gasteiger partial charge in [-0.25, -0.2) is 14.7 Å². The first-order valence-corrected chi connectivity index (χ1v) is 14.5. The van der Waals surface area contributed by atoms with Crippen LogP contribution < -0.4 is 10.6 Å². The third-order valence-corrected chi connectivity index (χ3v) is 7.09. The molecular weight excluding hydrogens is 576 g/mol. The molecule has 13 heteroatoms. The van der Waals surface area contributed by atoms with Crippen molar-refractivity contribution in [3.8, 4) is 11.3 Å². The maximum Gasteiger partial charge on any atom is 0.423 e. The van der Waals surface area contributed by atoms with Gasteiger partial charge < -0.3 is 15.2 Å². The highest BCUT2D eigenvalue weighted by Gasteiger charge is 2.36. The Morgan fingerprint density at radius 2 is 1.79 bits per heavy atom. The van der Waals surface area contributed by atoms with E-state index in [9.17, 15) is 22.8 Å². The molecule has 3 rings (SSSR count). The first-order valence-electron chi connectivity index (χ1n) is 13.7. The summed E-state index contributed by atoms with van der Waals surface area (Å²) in [6.45, 7) is 4.70. The number of hydrogen-bond acceptors (Lipinski definition) is 8. The van der Waals surface area contributed by atoms with Crippen molar-refractivity contribution in [2.45, 2.75) is 84.2 Å². The largest absolute Gasteiger partial charge is 0.424 e. The molecule has 3 aromatic rings. The minimum atomic E-state index is -4.72. The molecule has 2 unspecified atom stereocenters. The highest BCUT2D eigenvalue weighted by molar-refractivity contribution is 7.14. The van der Waals surface area contributed by atoms with Crippen LogP contribution in [0.1, 0.15) is 70.4 Å². The van der Waals surface area contributed by atoms with Gasteiger partial charge in [0.15, 0.2) is 0 Å². The highest BCUT2D eigenvalue weighted by Crippen LogP contribution is 2.40. The van der Waals surface area contributed by atoms with E-state index in [1.165, 1.54) is 38.4 Å². The summed E-state index contributed by atoms with van der Waals surface area (Å²) in [5.74, 6) is -0.862. The van der Waals surface area contributed by atoms with Crippen LogP contribution in [0, 0.1) is 5.13 Å². The number of aromatic nitrogens is 2. The fraction of sp³-hybridized carbons (Fsp3) is 0.448. The summed E-state index contributed by atoms with van der Waals surface area (Å²) < 4.78 is 67.8. The average molecular weight is 611 g/mol. The van der Waals surface area contributed by atoms with E-state index in [0.717, 1.165) is 38.2 Å². The molecule has 0 aliphatic rings. The first kappa shape index (κ1) is 32.9. The van der Waals surface area contributed by atoms with Crippen LogP contribution in [-0.4, -0.2) is 34.4 Å². The Kier molecular flexibility index (Phi) is 11.8. The van der Waals surface area contributed by atoms with Crippen molar-refractivity contribution in [3.63, 3.8) is 0 Å². The molecule has 0 radical (unpaired) electrons. The lowest BCUT2D eigenvalue weighted by molar-refractivity contribution is -0.165. The van der Waals surface area contributed by atoms with Crippen molar-refractivity contribution in [3.05, 3.63) is 59.0 Å². The van der Waals surface area contributed by atoms with E-state index >= 15 is 4.39 Å².